The van der Waals surface area contributed by atoms with Crippen LogP contribution in [0.25, 0.3) is 0 Å². The summed E-state index contributed by atoms with van der Waals surface area (Å²) in [5.74, 6) is -1.62. The number of nitriles is 1. The fourth-order valence-corrected chi connectivity index (χ4v) is 1.87. The van der Waals surface area contributed by atoms with Crippen molar-refractivity contribution in [3.05, 3.63) is 70.3 Å². The van der Waals surface area contributed by atoms with Crippen molar-refractivity contribution >= 4 is 17.3 Å². The van der Waals surface area contributed by atoms with Gasteiger partial charge in [0.15, 0.2) is 5.92 Å². The highest BCUT2D eigenvalue weighted by molar-refractivity contribution is 5.99. The predicted molar refractivity (Wildman–Crippen MR) is 76.5 cm³/mol. The Kier molecular flexibility index (Phi) is 4.26. The molecule has 2 aromatic carbocycles. The van der Waals surface area contributed by atoms with Gasteiger partial charge in [-0.05, 0) is 11.6 Å². The molecule has 0 aliphatic rings. The van der Waals surface area contributed by atoms with Crippen molar-refractivity contribution in [2.24, 2.45) is 0 Å². The minimum Gasteiger partial charge on any atom is -0.319 e. The van der Waals surface area contributed by atoms with Gasteiger partial charge in [-0.1, -0.05) is 42.5 Å². The average Bonchev–Trinajstić information content (AvgIpc) is 2.49. The zero-order valence-electron chi connectivity index (χ0n) is 10.9. The van der Waals surface area contributed by atoms with Crippen LogP contribution < -0.4 is 5.32 Å². The maximum atomic E-state index is 12.2. The predicted octanol–water partition coefficient (Wildman–Crippen LogP) is 2.84. The highest BCUT2D eigenvalue weighted by Crippen LogP contribution is 2.25. The highest BCUT2D eigenvalue weighted by atomic mass is 16.6. The van der Waals surface area contributed by atoms with Crippen molar-refractivity contribution in [1.82, 2.24) is 0 Å². The number of hydrogen-bond donors (Lipinski definition) is 1. The SMILES string of the molecule is N#CC(C(=O)Nc1ccccc1[N+](=O)[O-])c1ccccc1. The summed E-state index contributed by atoms with van der Waals surface area (Å²) in [7, 11) is 0. The van der Waals surface area contributed by atoms with Gasteiger partial charge in [-0.3, -0.25) is 14.9 Å². The number of rotatable bonds is 4. The van der Waals surface area contributed by atoms with E-state index in [-0.39, 0.29) is 11.4 Å². The first kappa shape index (κ1) is 14.2. The molecule has 6 nitrogen and oxygen atoms in total. The van der Waals surface area contributed by atoms with Gasteiger partial charge in [0.05, 0.1) is 11.0 Å². The summed E-state index contributed by atoms with van der Waals surface area (Å²) in [6, 6.07) is 16.2. The van der Waals surface area contributed by atoms with E-state index in [2.05, 4.69) is 5.32 Å². The van der Waals surface area contributed by atoms with Gasteiger partial charge in [0.25, 0.3) is 5.69 Å². The molecule has 1 N–H and O–H groups in total. The van der Waals surface area contributed by atoms with E-state index in [1.165, 1.54) is 18.2 Å². The van der Waals surface area contributed by atoms with E-state index in [0.717, 1.165) is 0 Å². The van der Waals surface area contributed by atoms with Gasteiger partial charge in [-0.2, -0.15) is 5.26 Å². The molecule has 1 unspecified atom stereocenters. The molecule has 0 heterocycles. The van der Waals surface area contributed by atoms with E-state index >= 15 is 0 Å². The number of anilines is 1. The normalized spacial score (nSPS) is 11.2. The van der Waals surface area contributed by atoms with Crippen LogP contribution in [-0.4, -0.2) is 10.8 Å². The molecule has 0 bridgehead atoms. The molecule has 0 spiro atoms. The minimum absolute atomic E-state index is 0.0729. The number of nitro benzene ring substituents is 1. The van der Waals surface area contributed by atoms with E-state index in [1.807, 2.05) is 6.07 Å². The zero-order chi connectivity index (χ0) is 15.2. The Morgan fingerprint density at radius 1 is 1.14 bits per heavy atom. The van der Waals surface area contributed by atoms with Gasteiger partial charge in [-0.15, -0.1) is 0 Å². The second-order valence-electron chi connectivity index (χ2n) is 4.24. The fraction of sp³-hybridized carbons (Fsp3) is 0.0667. The second-order valence-corrected chi connectivity index (χ2v) is 4.24. The van der Waals surface area contributed by atoms with Crippen molar-refractivity contribution < 1.29 is 9.72 Å². The molecule has 6 heteroatoms. The third kappa shape index (κ3) is 3.22. The lowest BCUT2D eigenvalue weighted by molar-refractivity contribution is -0.383. The smallest absolute Gasteiger partial charge is 0.292 e. The lowest BCUT2D eigenvalue weighted by atomic mass is 10.00. The Morgan fingerprint density at radius 2 is 1.76 bits per heavy atom. The Morgan fingerprint density at radius 3 is 2.38 bits per heavy atom. The first-order chi connectivity index (χ1) is 10.1. The summed E-state index contributed by atoms with van der Waals surface area (Å²) < 4.78 is 0. The van der Waals surface area contributed by atoms with Crippen LogP contribution in [0, 0.1) is 21.4 Å². The summed E-state index contributed by atoms with van der Waals surface area (Å²) in [6.07, 6.45) is 0. The average molecular weight is 281 g/mol. The van der Waals surface area contributed by atoms with E-state index in [1.54, 1.807) is 36.4 Å². The quantitative estimate of drug-likeness (QED) is 0.688. The molecule has 1 atom stereocenters. The van der Waals surface area contributed by atoms with Gasteiger partial charge in [-0.25, -0.2) is 0 Å². The number of benzene rings is 2. The summed E-state index contributed by atoms with van der Waals surface area (Å²) in [5, 5.41) is 22.5. The van der Waals surface area contributed by atoms with Crippen molar-refractivity contribution in [2.75, 3.05) is 5.32 Å². The van der Waals surface area contributed by atoms with Crippen molar-refractivity contribution in [3.63, 3.8) is 0 Å². The molecule has 0 saturated heterocycles. The Balaban J connectivity index is 2.26. The van der Waals surface area contributed by atoms with Crippen LogP contribution in [0.4, 0.5) is 11.4 Å². The molecule has 0 radical (unpaired) electrons. The lowest BCUT2D eigenvalue weighted by Crippen LogP contribution is -2.20. The Hall–Kier alpha value is -3.20. The van der Waals surface area contributed by atoms with Crippen molar-refractivity contribution in [3.8, 4) is 6.07 Å². The van der Waals surface area contributed by atoms with Crippen LogP contribution in [0.3, 0.4) is 0 Å². The molecular formula is C15H11N3O3. The molecule has 104 valence electrons. The Labute approximate surface area is 120 Å². The van der Waals surface area contributed by atoms with E-state index < -0.39 is 16.7 Å². The van der Waals surface area contributed by atoms with Crippen LogP contribution in [-0.2, 0) is 4.79 Å². The minimum atomic E-state index is -1.02. The van der Waals surface area contributed by atoms with Gasteiger partial charge in [0, 0.05) is 6.07 Å². The molecule has 0 fully saturated rings. The standard InChI is InChI=1S/C15H11N3O3/c16-10-12(11-6-2-1-3-7-11)15(19)17-13-8-4-5-9-14(13)18(20)21/h1-9,12H,(H,17,19). The second kappa shape index (κ2) is 6.30. The van der Waals surface area contributed by atoms with Crippen LogP contribution in [0.1, 0.15) is 11.5 Å². The summed E-state index contributed by atoms with van der Waals surface area (Å²) in [6.45, 7) is 0. The molecule has 0 aliphatic heterocycles. The molecule has 2 aromatic rings. The third-order valence-corrected chi connectivity index (χ3v) is 2.88. The number of hydrogen-bond acceptors (Lipinski definition) is 4. The van der Waals surface area contributed by atoms with Gasteiger partial charge < -0.3 is 5.32 Å². The molecule has 1 amide bonds. The number of para-hydroxylation sites is 2. The molecule has 0 aromatic heterocycles. The fourth-order valence-electron chi connectivity index (χ4n) is 1.87. The maximum Gasteiger partial charge on any atom is 0.292 e. The van der Waals surface area contributed by atoms with E-state index in [4.69, 9.17) is 5.26 Å². The first-order valence-electron chi connectivity index (χ1n) is 6.12. The number of nitro groups is 1. The van der Waals surface area contributed by atoms with Crippen molar-refractivity contribution in [1.29, 1.82) is 5.26 Å². The summed E-state index contributed by atoms with van der Waals surface area (Å²) >= 11 is 0. The maximum absolute atomic E-state index is 12.2. The molecule has 0 saturated carbocycles. The van der Waals surface area contributed by atoms with Crippen molar-refractivity contribution in [2.45, 2.75) is 5.92 Å². The first-order valence-corrected chi connectivity index (χ1v) is 6.12. The molecule has 21 heavy (non-hydrogen) atoms. The molecule has 0 aliphatic carbocycles. The number of nitrogens with one attached hydrogen (secondary N) is 1. The van der Waals surface area contributed by atoms with E-state index in [0.29, 0.717) is 5.56 Å². The van der Waals surface area contributed by atoms with E-state index in [9.17, 15) is 14.9 Å². The third-order valence-electron chi connectivity index (χ3n) is 2.88. The number of carbonyl (C=O) groups is 1. The van der Waals surface area contributed by atoms with Crippen LogP contribution in [0.2, 0.25) is 0 Å². The highest BCUT2D eigenvalue weighted by Gasteiger charge is 2.22. The Bertz CT molecular complexity index is 708. The monoisotopic (exact) mass is 281 g/mol. The molecular weight excluding hydrogens is 270 g/mol. The lowest BCUT2D eigenvalue weighted by Gasteiger charge is -2.10. The number of nitrogens with zero attached hydrogens (tertiary/aromatic N) is 2. The van der Waals surface area contributed by atoms with Crippen LogP contribution >= 0.6 is 0 Å². The van der Waals surface area contributed by atoms with Crippen LogP contribution in [0.5, 0.6) is 0 Å². The summed E-state index contributed by atoms with van der Waals surface area (Å²) in [5.41, 5.74) is 0.398. The topological polar surface area (TPSA) is 96.0 Å². The number of amides is 1. The number of carbonyl (C=O) groups excluding carboxylic acids is 1. The molecule has 2 rings (SSSR count). The largest absolute Gasteiger partial charge is 0.319 e. The summed E-state index contributed by atoms with van der Waals surface area (Å²) in [4.78, 5) is 22.5. The van der Waals surface area contributed by atoms with Gasteiger partial charge in [0.2, 0.25) is 5.91 Å². The van der Waals surface area contributed by atoms with Gasteiger partial charge in [0.1, 0.15) is 5.69 Å². The van der Waals surface area contributed by atoms with Crippen LogP contribution in [0.15, 0.2) is 54.6 Å². The zero-order valence-corrected chi connectivity index (χ0v) is 10.9. The van der Waals surface area contributed by atoms with Gasteiger partial charge >= 0.3 is 0 Å².